The number of carbonyl (C=O) groups is 3. The lowest BCUT2D eigenvalue weighted by Crippen LogP contribution is -2.30. The van der Waals surface area contributed by atoms with Crippen molar-refractivity contribution in [1.82, 2.24) is 24.4 Å². The standard InChI is InChI=1S/C31H33FN6O6S2/c1-4-37(5-2)46(42,43)26-17-9-21(10-18-26)29(40)33-19-27-35-36-31(38(27)25-15-11-23(32)12-16-25)45-20-28(39)34-24-13-7-22(8-14-24)30(41)44-6-3/h7-18H,4-6,19-20H2,1-3H3,(H,33,40)(H,34,39). The number of aromatic nitrogens is 3. The highest BCUT2D eigenvalue weighted by molar-refractivity contribution is 7.99. The highest BCUT2D eigenvalue weighted by atomic mass is 32.2. The summed E-state index contributed by atoms with van der Waals surface area (Å²) in [5, 5.41) is 14.2. The van der Waals surface area contributed by atoms with Crippen molar-refractivity contribution in [1.29, 1.82) is 0 Å². The smallest absolute Gasteiger partial charge is 0.338 e. The zero-order chi connectivity index (χ0) is 33.3. The molecule has 0 bridgehead atoms. The second-order valence-corrected chi connectivity index (χ2v) is 12.5. The van der Waals surface area contributed by atoms with Crippen LogP contribution in [-0.4, -0.2) is 70.7 Å². The maximum Gasteiger partial charge on any atom is 0.338 e. The van der Waals surface area contributed by atoms with Crippen LogP contribution in [0.15, 0.2) is 82.8 Å². The maximum absolute atomic E-state index is 13.7. The van der Waals surface area contributed by atoms with Gasteiger partial charge in [-0.3, -0.25) is 14.2 Å². The predicted molar refractivity (Wildman–Crippen MR) is 171 cm³/mol. The van der Waals surface area contributed by atoms with Crippen LogP contribution >= 0.6 is 11.8 Å². The Morgan fingerprint density at radius 2 is 1.52 bits per heavy atom. The average Bonchev–Trinajstić information content (AvgIpc) is 3.46. The minimum atomic E-state index is -3.67. The van der Waals surface area contributed by atoms with E-state index in [0.29, 0.717) is 41.0 Å². The van der Waals surface area contributed by atoms with E-state index in [1.807, 2.05) is 0 Å². The van der Waals surface area contributed by atoms with Gasteiger partial charge in [0.25, 0.3) is 5.91 Å². The molecule has 12 nitrogen and oxygen atoms in total. The van der Waals surface area contributed by atoms with Gasteiger partial charge in [0, 0.05) is 30.0 Å². The number of amides is 2. The molecule has 0 saturated heterocycles. The van der Waals surface area contributed by atoms with Crippen LogP contribution in [0.3, 0.4) is 0 Å². The molecular formula is C31H33FN6O6S2. The number of nitrogens with one attached hydrogen (secondary N) is 2. The van der Waals surface area contributed by atoms with Crippen LogP contribution in [0.4, 0.5) is 10.1 Å². The summed E-state index contributed by atoms with van der Waals surface area (Å²) >= 11 is 1.09. The number of benzene rings is 3. The lowest BCUT2D eigenvalue weighted by molar-refractivity contribution is -0.113. The Morgan fingerprint density at radius 3 is 2.13 bits per heavy atom. The van der Waals surface area contributed by atoms with E-state index < -0.39 is 27.7 Å². The molecule has 0 aliphatic heterocycles. The molecule has 0 spiro atoms. The molecule has 0 saturated carbocycles. The van der Waals surface area contributed by atoms with Crippen LogP contribution in [0.2, 0.25) is 0 Å². The van der Waals surface area contributed by atoms with Crippen molar-refractivity contribution < 1.29 is 31.9 Å². The summed E-state index contributed by atoms with van der Waals surface area (Å²) in [5.74, 6) is -1.44. The van der Waals surface area contributed by atoms with Gasteiger partial charge in [0.2, 0.25) is 15.9 Å². The van der Waals surface area contributed by atoms with Gasteiger partial charge < -0.3 is 15.4 Å². The molecule has 242 valence electrons. The summed E-state index contributed by atoms with van der Waals surface area (Å²) < 4.78 is 47.1. The van der Waals surface area contributed by atoms with Crippen molar-refractivity contribution in [3.63, 3.8) is 0 Å². The van der Waals surface area contributed by atoms with Crippen molar-refractivity contribution in [3.05, 3.63) is 95.6 Å². The largest absolute Gasteiger partial charge is 0.462 e. The molecule has 0 fully saturated rings. The summed E-state index contributed by atoms with van der Waals surface area (Å²) in [6.07, 6.45) is 0. The zero-order valence-corrected chi connectivity index (χ0v) is 27.0. The van der Waals surface area contributed by atoms with Crippen molar-refractivity contribution in [2.24, 2.45) is 0 Å². The van der Waals surface area contributed by atoms with Gasteiger partial charge in [0.1, 0.15) is 5.82 Å². The number of sulfonamides is 1. The molecule has 1 aromatic heterocycles. The number of esters is 1. The number of ether oxygens (including phenoxy) is 1. The van der Waals surface area contributed by atoms with Crippen LogP contribution in [-0.2, 0) is 26.1 Å². The molecule has 2 N–H and O–H groups in total. The predicted octanol–water partition coefficient (Wildman–Crippen LogP) is 4.27. The van der Waals surface area contributed by atoms with Gasteiger partial charge >= 0.3 is 5.97 Å². The third-order valence-corrected chi connectivity index (χ3v) is 9.66. The van der Waals surface area contributed by atoms with E-state index in [0.717, 1.165) is 11.8 Å². The Morgan fingerprint density at radius 1 is 0.891 bits per heavy atom. The van der Waals surface area contributed by atoms with Gasteiger partial charge in [-0.15, -0.1) is 10.2 Å². The highest BCUT2D eigenvalue weighted by Crippen LogP contribution is 2.23. The number of carbonyl (C=O) groups excluding carboxylic acids is 3. The molecule has 4 aromatic rings. The van der Waals surface area contributed by atoms with Crippen LogP contribution in [0.5, 0.6) is 0 Å². The van der Waals surface area contributed by atoms with Crippen LogP contribution in [0.25, 0.3) is 5.69 Å². The van der Waals surface area contributed by atoms with E-state index in [-0.39, 0.29) is 35.3 Å². The molecule has 2 amide bonds. The topological polar surface area (TPSA) is 153 Å². The van der Waals surface area contributed by atoms with Crippen LogP contribution in [0.1, 0.15) is 47.3 Å². The minimum absolute atomic E-state index is 0.0476. The first-order valence-corrected chi connectivity index (χ1v) is 16.8. The maximum atomic E-state index is 13.7. The number of thioether (sulfide) groups is 1. The molecule has 3 aromatic carbocycles. The number of hydrogen-bond acceptors (Lipinski definition) is 9. The fraction of sp³-hybridized carbons (Fsp3) is 0.258. The van der Waals surface area contributed by atoms with Gasteiger partial charge in [-0.2, -0.15) is 4.31 Å². The van der Waals surface area contributed by atoms with E-state index in [9.17, 15) is 27.2 Å². The number of nitrogens with zero attached hydrogens (tertiary/aromatic N) is 4. The molecule has 15 heteroatoms. The van der Waals surface area contributed by atoms with Crippen LogP contribution < -0.4 is 10.6 Å². The Kier molecular flexibility index (Phi) is 11.6. The van der Waals surface area contributed by atoms with E-state index >= 15 is 0 Å². The molecule has 46 heavy (non-hydrogen) atoms. The third-order valence-electron chi connectivity index (χ3n) is 6.66. The summed E-state index contributed by atoms with van der Waals surface area (Å²) in [6, 6.07) is 17.5. The van der Waals surface area contributed by atoms with Crippen molar-refractivity contribution >= 4 is 45.3 Å². The van der Waals surface area contributed by atoms with Crippen LogP contribution in [0, 0.1) is 5.82 Å². The van der Waals surface area contributed by atoms with Gasteiger partial charge in [0.05, 0.1) is 29.4 Å². The minimum Gasteiger partial charge on any atom is -0.462 e. The third kappa shape index (κ3) is 8.35. The molecule has 0 unspecified atom stereocenters. The van der Waals surface area contributed by atoms with Crippen molar-refractivity contribution in [2.75, 3.05) is 30.8 Å². The summed E-state index contributed by atoms with van der Waals surface area (Å²) in [7, 11) is -3.67. The van der Waals surface area contributed by atoms with Gasteiger partial charge in [-0.1, -0.05) is 25.6 Å². The molecule has 0 aliphatic rings. The first kappa shape index (κ1) is 34.3. The number of hydrogen-bond donors (Lipinski definition) is 2. The molecule has 0 radical (unpaired) electrons. The number of anilines is 1. The highest BCUT2D eigenvalue weighted by Gasteiger charge is 2.22. The number of halogens is 1. The van der Waals surface area contributed by atoms with E-state index in [1.54, 1.807) is 49.6 Å². The van der Waals surface area contributed by atoms with E-state index in [4.69, 9.17) is 4.74 Å². The van der Waals surface area contributed by atoms with Crippen molar-refractivity contribution in [3.8, 4) is 5.69 Å². The normalized spacial score (nSPS) is 11.3. The Balaban J connectivity index is 1.45. The van der Waals surface area contributed by atoms with E-state index in [2.05, 4.69) is 20.8 Å². The Labute approximate surface area is 270 Å². The molecule has 4 rings (SSSR count). The lowest BCUT2D eigenvalue weighted by Gasteiger charge is -2.18. The molecule has 1 heterocycles. The zero-order valence-electron chi connectivity index (χ0n) is 25.4. The second kappa shape index (κ2) is 15.6. The summed E-state index contributed by atoms with van der Waals surface area (Å²) in [6.45, 7) is 6.06. The summed E-state index contributed by atoms with van der Waals surface area (Å²) in [5.41, 5.74) is 1.61. The van der Waals surface area contributed by atoms with E-state index in [1.165, 1.54) is 52.8 Å². The summed E-state index contributed by atoms with van der Waals surface area (Å²) in [4.78, 5) is 37.6. The Hall–Kier alpha value is -4.60. The van der Waals surface area contributed by atoms with Gasteiger partial charge in [0.15, 0.2) is 11.0 Å². The quantitative estimate of drug-likeness (QED) is 0.148. The SMILES string of the molecule is CCOC(=O)c1ccc(NC(=O)CSc2nnc(CNC(=O)c3ccc(S(=O)(=O)N(CC)CC)cc3)n2-c2ccc(F)cc2)cc1. The van der Waals surface area contributed by atoms with Gasteiger partial charge in [-0.05, 0) is 79.7 Å². The first-order valence-electron chi connectivity index (χ1n) is 14.4. The molecular weight excluding hydrogens is 636 g/mol. The Bertz CT molecular complexity index is 1780. The van der Waals surface area contributed by atoms with Gasteiger partial charge in [-0.25, -0.2) is 17.6 Å². The fourth-order valence-corrected chi connectivity index (χ4v) is 6.57. The molecule has 0 aliphatic carbocycles. The fourth-order valence-electron chi connectivity index (χ4n) is 4.34. The lowest BCUT2D eigenvalue weighted by atomic mass is 10.2. The number of rotatable bonds is 14. The molecule has 0 atom stereocenters. The van der Waals surface area contributed by atoms with Crippen molar-refractivity contribution in [2.45, 2.75) is 37.4 Å². The monoisotopic (exact) mass is 668 g/mol. The first-order chi connectivity index (χ1) is 22.1. The second-order valence-electron chi connectivity index (χ2n) is 9.64. The average molecular weight is 669 g/mol.